The van der Waals surface area contributed by atoms with Crippen LogP contribution in [0.25, 0.3) is 0 Å². The Morgan fingerprint density at radius 3 is 2.04 bits per heavy atom. The maximum absolute atomic E-state index is 13.2. The Morgan fingerprint density at radius 1 is 0.962 bits per heavy atom. The van der Waals surface area contributed by atoms with Crippen LogP contribution < -0.4 is 14.1 Å². The average Bonchev–Trinajstić information content (AvgIpc) is 2.57. The molecule has 1 unspecified atom stereocenters. The van der Waals surface area contributed by atoms with E-state index in [0.717, 1.165) is 0 Å². The van der Waals surface area contributed by atoms with Gasteiger partial charge in [0.2, 0.25) is 0 Å². The van der Waals surface area contributed by atoms with E-state index in [9.17, 15) is 13.8 Å². The second-order valence-corrected chi connectivity index (χ2v) is 7.40. The summed E-state index contributed by atoms with van der Waals surface area (Å²) in [6.45, 7) is 4.90. The van der Waals surface area contributed by atoms with Crippen LogP contribution in [0.2, 0.25) is 0 Å². The van der Waals surface area contributed by atoms with Crippen molar-refractivity contribution in [3.63, 3.8) is 0 Å². The van der Waals surface area contributed by atoms with Gasteiger partial charge in [-0.25, -0.2) is 8.96 Å². The fraction of sp³-hybridized carbons (Fsp3) is 0.278. The number of nitrogens with one attached hydrogen (secondary N) is 1. The molecule has 0 spiro atoms. The van der Waals surface area contributed by atoms with E-state index in [-0.39, 0.29) is 17.6 Å². The van der Waals surface area contributed by atoms with Gasteiger partial charge in [-0.3, -0.25) is 4.79 Å². The van der Waals surface area contributed by atoms with Gasteiger partial charge in [0, 0.05) is 0 Å². The van der Waals surface area contributed by atoms with Crippen LogP contribution in [0.5, 0.6) is 11.5 Å². The summed E-state index contributed by atoms with van der Waals surface area (Å²) >= 11 is 0. The maximum Gasteiger partial charge on any atom is 0.513 e. The molecule has 0 saturated heterocycles. The summed E-state index contributed by atoms with van der Waals surface area (Å²) in [5.41, 5.74) is 0. The molecule has 140 valence electrons. The van der Waals surface area contributed by atoms with E-state index in [4.69, 9.17) is 13.8 Å². The molecule has 0 aliphatic rings. The minimum Gasteiger partial charge on any atom is -0.462 e. The third kappa shape index (κ3) is 6.17. The molecule has 8 heteroatoms. The summed E-state index contributed by atoms with van der Waals surface area (Å²) in [6.07, 6.45) is -0.320. The number of esters is 1. The number of ether oxygens (including phenoxy) is 1. The molecule has 0 heterocycles. The van der Waals surface area contributed by atoms with Gasteiger partial charge in [-0.05, 0) is 57.2 Å². The maximum atomic E-state index is 13.2. The molecule has 0 amide bonds. The Bertz CT molecular complexity index is 767. The molecule has 26 heavy (non-hydrogen) atoms. The lowest BCUT2D eigenvalue weighted by molar-refractivity contribution is -0.149. The minimum atomic E-state index is -4.00. The Kier molecular flexibility index (Phi) is 6.77. The number of benzene rings is 2. The van der Waals surface area contributed by atoms with Crippen molar-refractivity contribution in [1.29, 1.82) is 0 Å². The number of rotatable bonds is 8. The van der Waals surface area contributed by atoms with E-state index in [2.05, 4.69) is 5.09 Å². The summed E-state index contributed by atoms with van der Waals surface area (Å²) in [5, 5.41) is 2.55. The highest BCUT2D eigenvalue weighted by molar-refractivity contribution is 7.52. The highest BCUT2D eigenvalue weighted by atomic mass is 31.2. The second-order valence-electron chi connectivity index (χ2n) is 5.78. The first kappa shape index (κ1) is 19.9. The van der Waals surface area contributed by atoms with Crippen molar-refractivity contribution in [3.05, 3.63) is 60.4 Å². The predicted molar refractivity (Wildman–Crippen MR) is 95.5 cm³/mol. The van der Waals surface area contributed by atoms with Crippen molar-refractivity contribution >= 4 is 13.7 Å². The summed E-state index contributed by atoms with van der Waals surface area (Å²) in [5.74, 6) is -0.643. The Hall–Kier alpha value is -2.37. The van der Waals surface area contributed by atoms with Crippen molar-refractivity contribution in [2.75, 3.05) is 0 Å². The van der Waals surface area contributed by atoms with Crippen LogP contribution in [0.4, 0.5) is 4.39 Å². The monoisotopic (exact) mass is 381 g/mol. The number of halogens is 1. The van der Waals surface area contributed by atoms with Crippen LogP contribution in [0.3, 0.4) is 0 Å². The molecule has 6 nitrogen and oxygen atoms in total. The largest absolute Gasteiger partial charge is 0.513 e. The van der Waals surface area contributed by atoms with Gasteiger partial charge in [0.25, 0.3) is 0 Å². The highest BCUT2D eigenvalue weighted by Gasteiger charge is 2.34. The summed E-state index contributed by atoms with van der Waals surface area (Å²) in [4.78, 5) is 12.0. The van der Waals surface area contributed by atoms with E-state index in [1.807, 2.05) is 0 Å². The first-order valence-electron chi connectivity index (χ1n) is 8.05. The molecule has 2 aromatic rings. The molecule has 0 aliphatic heterocycles. The molecule has 0 radical (unpaired) electrons. The second kappa shape index (κ2) is 8.83. The normalized spacial score (nSPS) is 14.3. The van der Waals surface area contributed by atoms with Crippen LogP contribution in [0.15, 0.2) is 54.6 Å². The van der Waals surface area contributed by atoms with Crippen LogP contribution in [-0.2, 0) is 14.1 Å². The highest BCUT2D eigenvalue weighted by Crippen LogP contribution is 2.45. The minimum absolute atomic E-state index is 0.127. The molecular formula is C18H21FNO5P. The topological polar surface area (TPSA) is 73.9 Å². The molecular weight excluding hydrogens is 360 g/mol. The molecule has 1 N–H and O–H groups in total. The van der Waals surface area contributed by atoms with Crippen LogP contribution in [0, 0.1) is 5.82 Å². The van der Waals surface area contributed by atoms with Crippen molar-refractivity contribution in [3.8, 4) is 11.5 Å². The first-order chi connectivity index (χ1) is 12.3. The third-order valence-electron chi connectivity index (χ3n) is 3.07. The number of carbonyl (C=O) groups excluding carboxylic acids is 1. The van der Waals surface area contributed by atoms with Gasteiger partial charge in [-0.2, -0.15) is 5.09 Å². The quantitative estimate of drug-likeness (QED) is 0.542. The van der Waals surface area contributed by atoms with Crippen LogP contribution in [0.1, 0.15) is 20.8 Å². The van der Waals surface area contributed by atoms with Crippen molar-refractivity contribution in [2.24, 2.45) is 0 Å². The zero-order valence-electron chi connectivity index (χ0n) is 14.7. The molecule has 2 aromatic carbocycles. The molecule has 0 aromatic heterocycles. The molecule has 0 saturated carbocycles. The summed E-state index contributed by atoms with van der Waals surface area (Å²) in [6, 6.07) is 12.4. The molecule has 2 atom stereocenters. The van der Waals surface area contributed by atoms with Gasteiger partial charge in [0.15, 0.2) is 0 Å². The van der Waals surface area contributed by atoms with Gasteiger partial charge < -0.3 is 13.8 Å². The molecule has 0 bridgehead atoms. The lowest BCUT2D eigenvalue weighted by Gasteiger charge is -2.23. The van der Waals surface area contributed by atoms with Gasteiger partial charge in [-0.1, -0.05) is 18.2 Å². The zero-order valence-corrected chi connectivity index (χ0v) is 15.6. The smallest absolute Gasteiger partial charge is 0.462 e. The Balaban J connectivity index is 2.21. The lowest BCUT2D eigenvalue weighted by atomic mass is 10.3. The van der Waals surface area contributed by atoms with Gasteiger partial charge >= 0.3 is 13.7 Å². The van der Waals surface area contributed by atoms with E-state index >= 15 is 0 Å². The van der Waals surface area contributed by atoms with Gasteiger partial charge in [-0.15, -0.1) is 0 Å². The van der Waals surface area contributed by atoms with Crippen LogP contribution in [-0.4, -0.2) is 18.1 Å². The van der Waals surface area contributed by atoms with Gasteiger partial charge in [0.1, 0.15) is 23.4 Å². The molecule has 2 rings (SSSR count). The first-order valence-corrected chi connectivity index (χ1v) is 9.60. The van der Waals surface area contributed by atoms with Crippen molar-refractivity contribution < 1.29 is 27.5 Å². The number of para-hydroxylation sites is 1. The zero-order chi connectivity index (χ0) is 19.2. The van der Waals surface area contributed by atoms with Crippen LogP contribution >= 0.6 is 7.75 Å². The standard InChI is InChI=1S/C18H21FNO5P/c1-13(2)23-18(21)14(3)20-26(22,24-16-7-5-4-6-8-16)25-17-11-9-15(19)10-12-17/h4-14H,1-3H3,(H,20,22)/t14-,26?/m0/s1. The number of hydrogen-bond donors (Lipinski definition) is 1. The molecule has 0 aliphatic carbocycles. The summed E-state index contributed by atoms with van der Waals surface area (Å²) < 4.78 is 42.3. The van der Waals surface area contributed by atoms with Crippen molar-refractivity contribution in [2.45, 2.75) is 32.9 Å². The molecule has 0 fully saturated rings. The fourth-order valence-corrected chi connectivity index (χ4v) is 3.47. The fourth-order valence-electron chi connectivity index (χ4n) is 1.95. The SMILES string of the molecule is CC(C)OC(=O)[C@H](C)NP(=O)(Oc1ccccc1)Oc1ccc(F)cc1. The lowest BCUT2D eigenvalue weighted by Crippen LogP contribution is -2.36. The summed E-state index contributed by atoms with van der Waals surface area (Å²) in [7, 11) is -4.00. The van der Waals surface area contributed by atoms with Gasteiger partial charge in [0.05, 0.1) is 6.10 Å². The predicted octanol–water partition coefficient (Wildman–Crippen LogP) is 4.32. The third-order valence-corrected chi connectivity index (χ3v) is 4.67. The average molecular weight is 381 g/mol. The van der Waals surface area contributed by atoms with E-state index in [1.165, 1.54) is 31.2 Å². The Morgan fingerprint density at radius 2 is 1.50 bits per heavy atom. The number of hydrogen-bond acceptors (Lipinski definition) is 5. The van der Waals surface area contributed by atoms with Crippen molar-refractivity contribution in [1.82, 2.24) is 5.09 Å². The van der Waals surface area contributed by atoms with E-state index in [1.54, 1.807) is 44.2 Å². The van der Waals surface area contributed by atoms with E-state index < -0.39 is 25.6 Å². The Labute approximate surface area is 151 Å². The number of carbonyl (C=O) groups is 1. The van der Waals surface area contributed by atoms with E-state index in [0.29, 0.717) is 0 Å².